The minimum atomic E-state index is -0.338. The van der Waals surface area contributed by atoms with Gasteiger partial charge in [-0.3, -0.25) is 9.59 Å². The first-order valence-corrected chi connectivity index (χ1v) is 8.71. The number of hydrogen-bond acceptors (Lipinski definition) is 4. The molecule has 0 saturated heterocycles. The van der Waals surface area contributed by atoms with E-state index in [9.17, 15) is 9.59 Å². The van der Waals surface area contributed by atoms with E-state index < -0.39 is 0 Å². The molecule has 0 bridgehead atoms. The van der Waals surface area contributed by atoms with Crippen LogP contribution in [0.2, 0.25) is 0 Å². The highest BCUT2D eigenvalue weighted by Crippen LogP contribution is 2.27. The summed E-state index contributed by atoms with van der Waals surface area (Å²) < 4.78 is 5.07. The van der Waals surface area contributed by atoms with Crippen LogP contribution in [0.3, 0.4) is 0 Å². The number of furan rings is 1. The van der Waals surface area contributed by atoms with Gasteiger partial charge in [0.2, 0.25) is 0 Å². The van der Waals surface area contributed by atoms with Crippen molar-refractivity contribution in [2.75, 3.05) is 10.2 Å². The molecule has 6 heteroatoms. The highest BCUT2D eigenvalue weighted by Gasteiger charge is 2.22. The van der Waals surface area contributed by atoms with Crippen LogP contribution in [0.4, 0.5) is 10.7 Å². The Morgan fingerprint density at radius 3 is 2.44 bits per heavy atom. The lowest BCUT2D eigenvalue weighted by atomic mass is 10.2. The molecule has 128 valence electrons. The molecule has 1 aromatic carbocycles. The molecule has 2 heterocycles. The van der Waals surface area contributed by atoms with Crippen LogP contribution in [-0.2, 0) is 0 Å². The third kappa shape index (κ3) is 3.80. The Bertz CT molecular complexity index is 854. The van der Waals surface area contributed by atoms with E-state index in [4.69, 9.17) is 4.42 Å². The number of anilines is 2. The van der Waals surface area contributed by atoms with Gasteiger partial charge in [-0.25, -0.2) is 0 Å². The van der Waals surface area contributed by atoms with Crippen molar-refractivity contribution in [1.82, 2.24) is 0 Å². The second-order valence-corrected chi connectivity index (χ2v) is 6.78. The predicted molar refractivity (Wildman–Crippen MR) is 99.4 cm³/mol. The monoisotopic (exact) mass is 354 g/mol. The lowest BCUT2D eigenvalue weighted by Crippen LogP contribution is -2.36. The first kappa shape index (κ1) is 17.0. The van der Waals surface area contributed by atoms with Gasteiger partial charge < -0.3 is 14.6 Å². The van der Waals surface area contributed by atoms with Crippen LogP contribution in [0.1, 0.15) is 34.1 Å². The number of para-hydroxylation sites is 1. The molecule has 0 aliphatic rings. The fraction of sp³-hybridized carbons (Fsp3) is 0.158. The van der Waals surface area contributed by atoms with E-state index in [1.54, 1.807) is 29.2 Å². The summed E-state index contributed by atoms with van der Waals surface area (Å²) in [6.45, 7) is 3.94. The molecule has 2 aromatic heterocycles. The van der Waals surface area contributed by atoms with Crippen molar-refractivity contribution >= 4 is 33.8 Å². The van der Waals surface area contributed by atoms with Crippen LogP contribution < -0.4 is 10.2 Å². The van der Waals surface area contributed by atoms with Gasteiger partial charge in [0, 0.05) is 11.7 Å². The van der Waals surface area contributed by atoms with Crippen LogP contribution in [-0.4, -0.2) is 17.9 Å². The van der Waals surface area contributed by atoms with E-state index in [1.807, 2.05) is 44.2 Å². The van der Waals surface area contributed by atoms with Gasteiger partial charge in [-0.15, -0.1) is 11.3 Å². The van der Waals surface area contributed by atoms with Gasteiger partial charge >= 0.3 is 0 Å². The summed E-state index contributed by atoms with van der Waals surface area (Å²) in [4.78, 5) is 27.2. The van der Waals surface area contributed by atoms with E-state index in [0.717, 1.165) is 5.69 Å². The minimum absolute atomic E-state index is 0.0122. The van der Waals surface area contributed by atoms with Crippen molar-refractivity contribution in [3.8, 4) is 0 Å². The topological polar surface area (TPSA) is 62.6 Å². The van der Waals surface area contributed by atoms with E-state index in [-0.39, 0.29) is 23.6 Å². The maximum absolute atomic E-state index is 12.9. The van der Waals surface area contributed by atoms with Crippen molar-refractivity contribution in [2.45, 2.75) is 19.9 Å². The largest absolute Gasteiger partial charge is 0.459 e. The van der Waals surface area contributed by atoms with Crippen LogP contribution in [0.5, 0.6) is 0 Å². The minimum Gasteiger partial charge on any atom is -0.459 e. The van der Waals surface area contributed by atoms with Crippen LogP contribution in [0.25, 0.3) is 0 Å². The molecule has 5 nitrogen and oxygen atoms in total. The van der Waals surface area contributed by atoms with Gasteiger partial charge in [0.05, 0.1) is 16.1 Å². The third-order valence-corrected chi connectivity index (χ3v) is 4.56. The van der Waals surface area contributed by atoms with Crippen molar-refractivity contribution in [1.29, 1.82) is 0 Å². The first-order valence-electron chi connectivity index (χ1n) is 7.89. The van der Waals surface area contributed by atoms with Gasteiger partial charge in [0.1, 0.15) is 0 Å². The molecule has 0 saturated carbocycles. The smallest absolute Gasteiger partial charge is 0.291 e. The fourth-order valence-electron chi connectivity index (χ4n) is 2.46. The number of carbonyl (C=O) groups is 2. The zero-order valence-corrected chi connectivity index (χ0v) is 14.7. The third-order valence-electron chi connectivity index (χ3n) is 3.57. The molecule has 0 spiro atoms. The number of nitrogens with zero attached hydrogens (tertiary/aromatic N) is 1. The van der Waals surface area contributed by atoms with Gasteiger partial charge in [-0.05, 0) is 50.2 Å². The standard InChI is InChI=1S/C19H18N2O3S/c1-13(2)21(14-7-4-3-5-8-14)19(23)16-10-11-17(25-16)20-18(22)15-9-6-12-24-15/h3-13H,1-2H3,(H,20,22). The molecule has 2 amide bonds. The number of hydrogen-bond donors (Lipinski definition) is 1. The van der Waals surface area contributed by atoms with Crippen LogP contribution in [0.15, 0.2) is 65.3 Å². The maximum atomic E-state index is 12.9. The van der Waals surface area contributed by atoms with E-state index in [0.29, 0.717) is 9.88 Å². The summed E-state index contributed by atoms with van der Waals surface area (Å²) >= 11 is 1.24. The second kappa shape index (κ2) is 7.36. The lowest BCUT2D eigenvalue weighted by molar-refractivity contribution is 0.0980. The molecule has 0 aliphatic carbocycles. The Kier molecular flexibility index (Phi) is 5.00. The number of benzene rings is 1. The van der Waals surface area contributed by atoms with Gasteiger partial charge in [0.25, 0.3) is 11.8 Å². The van der Waals surface area contributed by atoms with Crippen molar-refractivity contribution in [2.24, 2.45) is 0 Å². The zero-order valence-electron chi connectivity index (χ0n) is 13.9. The number of nitrogens with one attached hydrogen (secondary N) is 1. The normalized spacial score (nSPS) is 10.7. The second-order valence-electron chi connectivity index (χ2n) is 5.70. The Morgan fingerprint density at radius 1 is 1.04 bits per heavy atom. The molecule has 0 fully saturated rings. The molecule has 25 heavy (non-hydrogen) atoms. The molecule has 3 aromatic rings. The summed E-state index contributed by atoms with van der Waals surface area (Å²) in [6.07, 6.45) is 1.44. The van der Waals surface area contributed by atoms with Crippen LogP contribution >= 0.6 is 11.3 Å². The Morgan fingerprint density at radius 2 is 1.80 bits per heavy atom. The molecule has 0 unspecified atom stereocenters. The highest BCUT2D eigenvalue weighted by atomic mass is 32.1. The summed E-state index contributed by atoms with van der Waals surface area (Å²) in [5, 5.41) is 3.34. The predicted octanol–water partition coefficient (Wildman–Crippen LogP) is 4.65. The number of rotatable bonds is 5. The summed E-state index contributed by atoms with van der Waals surface area (Å²) in [5.74, 6) is -0.200. The van der Waals surface area contributed by atoms with Crippen molar-refractivity contribution in [3.63, 3.8) is 0 Å². The lowest BCUT2D eigenvalue weighted by Gasteiger charge is -2.26. The SMILES string of the molecule is CC(C)N(C(=O)c1ccc(NC(=O)c2ccco2)s1)c1ccccc1. The Hall–Kier alpha value is -2.86. The number of carbonyl (C=O) groups excluding carboxylic acids is 2. The highest BCUT2D eigenvalue weighted by molar-refractivity contribution is 7.18. The summed E-state index contributed by atoms with van der Waals surface area (Å²) in [6, 6.07) is 16.2. The van der Waals surface area contributed by atoms with Gasteiger partial charge in [-0.2, -0.15) is 0 Å². The average molecular weight is 354 g/mol. The molecule has 0 atom stereocenters. The van der Waals surface area contributed by atoms with E-state index >= 15 is 0 Å². The summed E-state index contributed by atoms with van der Waals surface area (Å²) in [5.41, 5.74) is 0.845. The van der Waals surface area contributed by atoms with Gasteiger partial charge in [0.15, 0.2) is 5.76 Å². The summed E-state index contributed by atoms with van der Waals surface area (Å²) in [7, 11) is 0. The Balaban J connectivity index is 1.78. The molecule has 0 radical (unpaired) electrons. The fourth-order valence-corrected chi connectivity index (χ4v) is 3.30. The maximum Gasteiger partial charge on any atom is 0.291 e. The molecule has 3 rings (SSSR count). The quantitative estimate of drug-likeness (QED) is 0.725. The zero-order chi connectivity index (χ0) is 17.8. The average Bonchev–Trinajstić information content (AvgIpc) is 3.27. The Labute approximate surface area is 149 Å². The van der Waals surface area contributed by atoms with Crippen molar-refractivity contribution in [3.05, 3.63) is 71.5 Å². The van der Waals surface area contributed by atoms with Crippen LogP contribution in [0, 0.1) is 0 Å². The number of amides is 2. The molecule has 0 aliphatic heterocycles. The van der Waals surface area contributed by atoms with Crippen molar-refractivity contribution < 1.29 is 14.0 Å². The molecular formula is C19H18N2O3S. The van der Waals surface area contributed by atoms with E-state index in [1.165, 1.54) is 17.6 Å². The number of thiophene rings is 1. The molecular weight excluding hydrogens is 336 g/mol. The van der Waals surface area contributed by atoms with E-state index in [2.05, 4.69) is 5.32 Å². The molecule has 1 N–H and O–H groups in total. The first-order chi connectivity index (χ1) is 12.1. The van der Waals surface area contributed by atoms with Gasteiger partial charge in [-0.1, -0.05) is 18.2 Å².